The van der Waals surface area contributed by atoms with Crippen LogP contribution < -0.4 is 15.4 Å². The normalized spacial score (nSPS) is 14.7. The van der Waals surface area contributed by atoms with Gasteiger partial charge in [0.05, 0.1) is 10.6 Å². The third kappa shape index (κ3) is 3.41. The van der Waals surface area contributed by atoms with E-state index in [-0.39, 0.29) is 17.4 Å². The van der Waals surface area contributed by atoms with Crippen LogP contribution in [0.2, 0.25) is 0 Å². The minimum atomic E-state index is -0.479. The number of rotatable bonds is 4. The molecular weight excluding hydrogens is 334 g/mol. The molecule has 0 spiro atoms. The summed E-state index contributed by atoms with van der Waals surface area (Å²) >= 11 is 0. The van der Waals surface area contributed by atoms with Crippen molar-refractivity contribution in [2.24, 2.45) is 0 Å². The van der Waals surface area contributed by atoms with E-state index >= 15 is 0 Å². The maximum atomic E-state index is 12.8. The highest BCUT2D eigenvalue weighted by atomic mass is 16.6. The molecule has 7 nitrogen and oxygen atoms in total. The number of ether oxygens (including phenoxy) is 1. The van der Waals surface area contributed by atoms with E-state index in [9.17, 15) is 14.9 Å². The number of nitrogen functional groups attached to an aromatic ring is 1. The van der Waals surface area contributed by atoms with Crippen LogP contribution in [0.15, 0.2) is 60.4 Å². The van der Waals surface area contributed by atoms with Gasteiger partial charge in [0.1, 0.15) is 0 Å². The Morgan fingerprint density at radius 1 is 1.31 bits per heavy atom. The average Bonchev–Trinajstić information content (AvgIpc) is 2.58. The maximum Gasteiger partial charge on any atom is 0.294 e. The summed E-state index contributed by atoms with van der Waals surface area (Å²) < 4.78 is 5.74. The Morgan fingerprint density at radius 2 is 2.00 bits per heavy atom. The second kappa shape index (κ2) is 6.72. The zero-order valence-corrected chi connectivity index (χ0v) is 14.1. The molecule has 26 heavy (non-hydrogen) atoms. The second-order valence-corrected chi connectivity index (χ2v) is 6.03. The van der Waals surface area contributed by atoms with Crippen molar-refractivity contribution in [2.45, 2.75) is 6.92 Å². The number of hydrogen-bond acceptors (Lipinski definition) is 5. The van der Waals surface area contributed by atoms with Crippen LogP contribution in [0.4, 0.5) is 17.1 Å². The predicted octanol–water partition coefficient (Wildman–Crippen LogP) is 3.52. The molecule has 1 heterocycles. The van der Waals surface area contributed by atoms with Crippen molar-refractivity contribution in [3.8, 4) is 5.75 Å². The molecule has 0 unspecified atom stereocenters. The summed E-state index contributed by atoms with van der Waals surface area (Å²) in [6, 6.07) is 10.9. The summed E-state index contributed by atoms with van der Waals surface area (Å²) in [6.07, 6.45) is 1.55. The first-order valence-corrected chi connectivity index (χ1v) is 7.85. The van der Waals surface area contributed by atoms with Crippen LogP contribution in [0.5, 0.6) is 5.75 Å². The number of benzene rings is 2. The van der Waals surface area contributed by atoms with Crippen molar-refractivity contribution >= 4 is 29.0 Å². The van der Waals surface area contributed by atoms with Gasteiger partial charge in [-0.25, -0.2) is 0 Å². The number of amides is 1. The number of nitro groups is 1. The Hall–Kier alpha value is -3.61. The number of anilines is 2. The molecule has 0 saturated heterocycles. The van der Waals surface area contributed by atoms with Gasteiger partial charge in [-0.1, -0.05) is 12.2 Å². The van der Waals surface area contributed by atoms with Gasteiger partial charge in [0.2, 0.25) is 0 Å². The van der Waals surface area contributed by atoms with E-state index in [4.69, 9.17) is 10.5 Å². The Morgan fingerprint density at radius 3 is 2.62 bits per heavy atom. The van der Waals surface area contributed by atoms with Gasteiger partial charge in [-0.15, -0.1) is 0 Å². The largest absolute Gasteiger partial charge is 0.449 e. The minimum absolute atomic E-state index is 0.0231. The summed E-state index contributed by atoms with van der Waals surface area (Å²) in [6.45, 7) is 6.04. The Balaban J connectivity index is 2.01. The summed E-state index contributed by atoms with van der Waals surface area (Å²) in [7, 11) is 0. The molecule has 132 valence electrons. The molecule has 3 rings (SSSR count). The molecule has 0 aliphatic carbocycles. The van der Waals surface area contributed by atoms with E-state index in [2.05, 4.69) is 6.58 Å². The van der Waals surface area contributed by atoms with Crippen LogP contribution in [0.3, 0.4) is 0 Å². The first kappa shape index (κ1) is 17.2. The smallest absolute Gasteiger partial charge is 0.294 e. The van der Waals surface area contributed by atoms with Gasteiger partial charge in [0.15, 0.2) is 11.5 Å². The first-order chi connectivity index (χ1) is 12.3. The van der Waals surface area contributed by atoms with Gasteiger partial charge in [-0.3, -0.25) is 19.8 Å². The van der Waals surface area contributed by atoms with Gasteiger partial charge < -0.3 is 10.5 Å². The first-order valence-electron chi connectivity index (χ1n) is 7.85. The number of fused-ring (bicyclic) bond motifs is 1. The van der Waals surface area contributed by atoms with E-state index < -0.39 is 4.92 Å². The molecule has 7 heteroatoms. The molecule has 0 aromatic heterocycles. The SMILES string of the molecule is C=C(C)CN1C(=O)/C(=C\c2ccc([N+](=O)[O-])cc2)Oc2cc(N)ccc21. The molecule has 0 fully saturated rings. The standard InChI is InChI=1S/C19H17N3O4/c1-12(2)11-21-16-8-5-14(20)10-17(16)26-18(19(21)23)9-13-3-6-15(7-4-13)22(24)25/h3-10H,1,11,20H2,2H3/b18-9+. The van der Waals surface area contributed by atoms with Gasteiger partial charge in [0, 0.05) is 30.4 Å². The number of carbonyl (C=O) groups is 1. The molecule has 1 aliphatic rings. The van der Waals surface area contributed by atoms with Crippen molar-refractivity contribution in [2.75, 3.05) is 17.2 Å². The highest BCUT2D eigenvalue weighted by Gasteiger charge is 2.30. The molecule has 2 aromatic carbocycles. The number of nitrogens with two attached hydrogens (primary N) is 1. The molecule has 1 aliphatic heterocycles. The highest BCUT2D eigenvalue weighted by Crippen LogP contribution is 2.37. The number of nitro benzene ring substituents is 1. The number of nitrogens with zero attached hydrogens (tertiary/aromatic N) is 2. The number of non-ortho nitro benzene ring substituents is 1. The van der Waals surface area contributed by atoms with Gasteiger partial charge in [-0.2, -0.15) is 0 Å². The highest BCUT2D eigenvalue weighted by molar-refractivity contribution is 6.10. The average molecular weight is 351 g/mol. The topological polar surface area (TPSA) is 98.7 Å². The molecule has 0 radical (unpaired) electrons. The molecule has 0 bridgehead atoms. The summed E-state index contributed by atoms with van der Waals surface area (Å²) in [5.74, 6) is 0.265. The van der Waals surface area contributed by atoms with Crippen molar-refractivity contribution < 1.29 is 14.5 Å². The summed E-state index contributed by atoms with van der Waals surface area (Å²) in [5, 5.41) is 10.8. The van der Waals surface area contributed by atoms with Gasteiger partial charge in [-0.05, 0) is 42.8 Å². The van der Waals surface area contributed by atoms with Crippen LogP contribution in [0, 0.1) is 10.1 Å². The van der Waals surface area contributed by atoms with Crippen LogP contribution in [0.25, 0.3) is 6.08 Å². The van der Waals surface area contributed by atoms with Crippen molar-refractivity contribution in [1.82, 2.24) is 0 Å². The quantitative estimate of drug-likeness (QED) is 0.299. The molecule has 0 saturated carbocycles. The van der Waals surface area contributed by atoms with Crippen molar-refractivity contribution in [1.29, 1.82) is 0 Å². The lowest BCUT2D eigenvalue weighted by Gasteiger charge is -2.30. The van der Waals surface area contributed by atoms with Crippen LogP contribution in [-0.4, -0.2) is 17.4 Å². The molecule has 0 atom stereocenters. The van der Waals surface area contributed by atoms with E-state index in [0.29, 0.717) is 29.2 Å². The van der Waals surface area contributed by atoms with Crippen molar-refractivity contribution in [3.63, 3.8) is 0 Å². The fourth-order valence-electron chi connectivity index (χ4n) is 2.60. The lowest BCUT2D eigenvalue weighted by molar-refractivity contribution is -0.384. The Kier molecular flexibility index (Phi) is 4.45. The lowest BCUT2D eigenvalue weighted by Crippen LogP contribution is -2.38. The molecule has 1 amide bonds. The fourth-order valence-corrected chi connectivity index (χ4v) is 2.60. The van der Waals surface area contributed by atoms with E-state index in [1.165, 1.54) is 12.1 Å². The lowest BCUT2D eigenvalue weighted by atomic mass is 10.1. The Labute approximate surface area is 150 Å². The van der Waals surface area contributed by atoms with Gasteiger partial charge in [0.25, 0.3) is 11.6 Å². The van der Waals surface area contributed by atoms with Crippen LogP contribution in [-0.2, 0) is 4.79 Å². The predicted molar refractivity (Wildman–Crippen MR) is 99.7 cm³/mol. The van der Waals surface area contributed by atoms with E-state index in [1.54, 1.807) is 41.3 Å². The monoisotopic (exact) mass is 351 g/mol. The zero-order valence-electron chi connectivity index (χ0n) is 14.1. The third-order valence-corrected chi connectivity index (χ3v) is 3.78. The van der Waals surface area contributed by atoms with Gasteiger partial charge >= 0.3 is 0 Å². The number of carbonyl (C=O) groups excluding carboxylic acids is 1. The number of hydrogen-bond donors (Lipinski definition) is 1. The molecular formula is C19H17N3O4. The summed E-state index contributed by atoms with van der Waals surface area (Å²) in [5.41, 5.74) is 8.36. The summed E-state index contributed by atoms with van der Waals surface area (Å²) in [4.78, 5) is 24.7. The minimum Gasteiger partial charge on any atom is -0.449 e. The Bertz CT molecular complexity index is 932. The second-order valence-electron chi connectivity index (χ2n) is 6.03. The maximum absolute atomic E-state index is 12.8. The van der Waals surface area contributed by atoms with Crippen LogP contribution >= 0.6 is 0 Å². The molecule has 2 N–H and O–H groups in total. The fraction of sp³-hybridized carbons (Fsp3) is 0.105. The third-order valence-electron chi connectivity index (χ3n) is 3.78. The zero-order chi connectivity index (χ0) is 18.8. The van der Waals surface area contributed by atoms with E-state index in [0.717, 1.165) is 5.57 Å². The van der Waals surface area contributed by atoms with Crippen LogP contribution in [0.1, 0.15) is 12.5 Å². The molecule has 2 aromatic rings. The van der Waals surface area contributed by atoms with E-state index in [1.807, 2.05) is 6.92 Å². The van der Waals surface area contributed by atoms with Crippen molar-refractivity contribution in [3.05, 3.63) is 76.1 Å².